The van der Waals surface area contributed by atoms with Crippen molar-refractivity contribution in [2.45, 2.75) is 60.9 Å². The zero-order valence-corrected chi connectivity index (χ0v) is 13.3. The van der Waals surface area contributed by atoms with Crippen LogP contribution < -0.4 is 10.6 Å². The van der Waals surface area contributed by atoms with Crippen LogP contribution in [-0.4, -0.2) is 25.0 Å². The van der Waals surface area contributed by atoms with Crippen LogP contribution in [0, 0.1) is 17.3 Å². The first-order valence-electron chi connectivity index (χ1n) is 7.15. The van der Waals surface area contributed by atoms with Gasteiger partial charge < -0.3 is 10.6 Å². The molecule has 0 heterocycles. The Hall–Kier alpha value is -0.570. The predicted molar refractivity (Wildman–Crippen MR) is 78.5 cm³/mol. The maximum absolute atomic E-state index is 11.8. The minimum Gasteiger partial charge on any atom is -0.355 e. The van der Waals surface area contributed by atoms with Gasteiger partial charge in [0.25, 0.3) is 0 Å². The molecular weight excluding hydrogens is 224 g/mol. The van der Waals surface area contributed by atoms with Gasteiger partial charge in [-0.1, -0.05) is 41.5 Å². The molecule has 0 rings (SSSR count). The third-order valence-electron chi connectivity index (χ3n) is 3.62. The number of hydrogen-bond donors (Lipinski definition) is 2. The van der Waals surface area contributed by atoms with E-state index >= 15 is 0 Å². The second kappa shape index (κ2) is 7.78. The fraction of sp³-hybridized carbons (Fsp3) is 0.933. The van der Waals surface area contributed by atoms with E-state index in [4.69, 9.17) is 0 Å². The number of hydrogen-bond acceptors (Lipinski definition) is 2. The molecule has 0 aliphatic heterocycles. The van der Waals surface area contributed by atoms with E-state index in [1.807, 2.05) is 6.92 Å². The molecule has 3 heteroatoms. The smallest absolute Gasteiger partial charge is 0.236 e. The fourth-order valence-electron chi connectivity index (χ4n) is 1.39. The van der Waals surface area contributed by atoms with Crippen LogP contribution in [0.1, 0.15) is 54.9 Å². The highest BCUT2D eigenvalue weighted by Crippen LogP contribution is 2.24. The fourth-order valence-corrected chi connectivity index (χ4v) is 1.39. The Morgan fingerprint density at radius 1 is 1.11 bits per heavy atom. The van der Waals surface area contributed by atoms with Crippen molar-refractivity contribution in [2.24, 2.45) is 17.3 Å². The van der Waals surface area contributed by atoms with Crippen LogP contribution in [-0.2, 0) is 4.79 Å². The Morgan fingerprint density at radius 2 is 1.67 bits per heavy atom. The van der Waals surface area contributed by atoms with Gasteiger partial charge in [0, 0.05) is 6.54 Å². The van der Waals surface area contributed by atoms with Crippen molar-refractivity contribution < 1.29 is 4.79 Å². The van der Waals surface area contributed by atoms with Crippen molar-refractivity contribution in [3.05, 3.63) is 0 Å². The van der Waals surface area contributed by atoms with Crippen LogP contribution in [0.25, 0.3) is 0 Å². The molecule has 0 radical (unpaired) electrons. The van der Waals surface area contributed by atoms with Crippen LogP contribution in [0.4, 0.5) is 0 Å². The molecule has 108 valence electrons. The standard InChI is InChI=1S/C15H32N2O/c1-11(2)8-9-16-14(18)13(4)17-10-12(3)15(5,6)7/h11-13,17H,8-10H2,1-7H3,(H,16,18). The summed E-state index contributed by atoms with van der Waals surface area (Å²) in [6.45, 7) is 16.8. The molecule has 0 aliphatic carbocycles. The molecule has 0 aliphatic rings. The Balaban J connectivity index is 3.88. The third-order valence-corrected chi connectivity index (χ3v) is 3.62. The van der Waals surface area contributed by atoms with Crippen LogP contribution in [0.15, 0.2) is 0 Å². The zero-order chi connectivity index (χ0) is 14.3. The molecule has 0 saturated carbocycles. The first-order valence-corrected chi connectivity index (χ1v) is 7.15. The summed E-state index contributed by atoms with van der Waals surface area (Å²) in [5.41, 5.74) is 0.279. The van der Waals surface area contributed by atoms with E-state index in [1.165, 1.54) is 0 Å². The van der Waals surface area contributed by atoms with Crippen LogP contribution in [0.3, 0.4) is 0 Å². The van der Waals surface area contributed by atoms with E-state index in [1.54, 1.807) is 0 Å². The highest BCUT2D eigenvalue weighted by molar-refractivity contribution is 5.81. The number of rotatable bonds is 7. The van der Waals surface area contributed by atoms with Crippen molar-refractivity contribution >= 4 is 5.91 Å². The highest BCUT2D eigenvalue weighted by atomic mass is 16.2. The lowest BCUT2D eigenvalue weighted by Gasteiger charge is -2.28. The summed E-state index contributed by atoms with van der Waals surface area (Å²) in [7, 11) is 0. The van der Waals surface area contributed by atoms with E-state index in [2.05, 4.69) is 52.2 Å². The zero-order valence-electron chi connectivity index (χ0n) is 13.3. The summed E-state index contributed by atoms with van der Waals surface area (Å²) < 4.78 is 0. The van der Waals surface area contributed by atoms with Gasteiger partial charge in [-0.25, -0.2) is 0 Å². The maximum atomic E-state index is 11.8. The van der Waals surface area contributed by atoms with Crippen molar-refractivity contribution in [1.29, 1.82) is 0 Å². The molecule has 0 spiro atoms. The lowest BCUT2D eigenvalue weighted by atomic mass is 9.82. The minimum atomic E-state index is -0.109. The molecule has 0 fully saturated rings. The first-order chi connectivity index (χ1) is 8.14. The number of nitrogens with one attached hydrogen (secondary N) is 2. The summed E-state index contributed by atoms with van der Waals surface area (Å²) >= 11 is 0. The van der Waals surface area contributed by atoms with Crippen LogP contribution >= 0.6 is 0 Å². The SMILES string of the molecule is CC(C)CCNC(=O)C(C)NCC(C)C(C)(C)C. The predicted octanol–water partition coefficient (Wildman–Crippen LogP) is 2.81. The van der Waals surface area contributed by atoms with Crippen molar-refractivity contribution in [2.75, 3.05) is 13.1 Å². The summed E-state index contributed by atoms with van der Waals surface area (Å²) in [5, 5.41) is 6.29. The van der Waals surface area contributed by atoms with E-state index < -0.39 is 0 Å². The minimum absolute atomic E-state index is 0.108. The largest absolute Gasteiger partial charge is 0.355 e. The molecule has 2 N–H and O–H groups in total. The second-order valence-corrected chi connectivity index (χ2v) is 6.87. The summed E-state index contributed by atoms with van der Waals surface area (Å²) in [6, 6.07) is -0.109. The Bertz CT molecular complexity index is 243. The Labute approximate surface area is 113 Å². The monoisotopic (exact) mass is 256 g/mol. The molecule has 2 unspecified atom stereocenters. The maximum Gasteiger partial charge on any atom is 0.236 e. The van der Waals surface area contributed by atoms with Crippen LogP contribution in [0.5, 0.6) is 0 Å². The molecule has 0 aromatic heterocycles. The van der Waals surface area contributed by atoms with E-state index in [-0.39, 0.29) is 17.4 Å². The molecular formula is C15H32N2O. The van der Waals surface area contributed by atoms with Gasteiger partial charge in [-0.3, -0.25) is 4.79 Å². The lowest BCUT2D eigenvalue weighted by molar-refractivity contribution is -0.122. The molecule has 1 amide bonds. The van der Waals surface area contributed by atoms with E-state index in [0.29, 0.717) is 11.8 Å². The topological polar surface area (TPSA) is 41.1 Å². The molecule has 0 saturated heterocycles. The summed E-state index contributed by atoms with van der Waals surface area (Å²) in [6.07, 6.45) is 1.04. The Morgan fingerprint density at radius 3 is 2.11 bits per heavy atom. The average molecular weight is 256 g/mol. The second-order valence-electron chi connectivity index (χ2n) is 6.87. The third kappa shape index (κ3) is 7.70. The molecule has 2 atom stereocenters. The van der Waals surface area contributed by atoms with E-state index in [9.17, 15) is 4.79 Å². The van der Waals surface area contributed by atoms with Gasteiger partial charge in [0.15, 0.2) is 0 Å². The first kappa shape index (κ1) is 17.4. The summed E-state index contributed by atoms with van der Waals surface area (Å²) in [5.74, 6) is 1.29. The Kier molecular flexibility index (Phi) is 7.53. The molecule has 18 heavy (non-hydrogen) atoms. The van der Waals surface area contributed by atoms with Gasteiger partial charge in [-0.05, 0) is 37.1 Å². The van der Waals surface area contributed by atoms with Crippen molar-refractivity contribution in [1.82, 2.24) is 10.6 Å². The number of carbonyl (C=O) groups is 1. The summed E-state index contributed by atoms with van der Waals surface area (Å²) in [4.78, 5) is 11.8. The lowest BCUT2D eigenvalue weighted by Crippen LogP contribution is -2.45. The van der Waals surface area contributed by atoms with Gasteiger partial charge in [0.1, 0.15) is 0 Å². The average Bonchev–Trinajstić information content (AvgIpc) is 2.23. The van der Waals surface area contributed by atoms with Crippen molar-refractivity contribution in [3.8, 4) is 0 Å². The molecule has 0 aromatic carbocycles. The normalized spacial score (nSPS) is 15.6. The highest BCUT2D eigenvalue weighted by Gasteiger charge is 2.21. The van der Waals surface area contributed by atoms with E-state index in [0.717, 1.165) is 19.5 Å². The van der Waals surface area contributed by atoms with Gasteiger partial charge in [0.05, 0.1) is 6.04 Å². The van der Waals surface area contributed by atoms with Crippen molar-refractivity contribution in [3.63, 3.8) is 0 Å². The van der Waals surface area contributed by atoms with Gasteiger partial charge in [-0.2, -0.15) is 0 Å². The van der Waals surface area contributed by atoms with Crippen LogP contribution in [0.2, 0.25) is 0 Å². The molecule has 3 nitrogen and oxygen atoms in total. The number of carbonyl (C=O) groups excluding carboxylic acids is 1. The van der Waals surface area contributed by atoms with Gasteiger partial charge in [-0.15, -0.1) is 0 Å². The molecule has 0 bridgehead atoms. The quantitative estimate of drug-likeness (QED) is 0.735. The van der Waals surface area contributed by atoms with Gasteiger partial charge in [0.2, 0.25) is 5.91 Å². The molecule has 0 aromatic rings. The number of amides is 1. The van der Waals surface area contributed by atoms with Gasteiger partial charge >= 0.3 is 0 Å².